The predicted molar refractivity (Wildman–Crippen MR) is 66.1 cm³/mol. The van der Waals surface area contributed by atoms with Gasteiger partial charge in [0.05, 0.1) is 13.2 Å². The SMILES string of the molecule is CCCC1(c2c(C)cc(O)cc2C)OCCO1. The van der Waals surface area contributed by atoms with Gasteiger partial charge in [-0.1, -0.05) is 13.3 Å². The molecule has 1 saturated heterocycles. The minimum atomic E-state index is -0.601. The summed E-state index contributed by atoms with van der Waals surface area (Å²) in [4.78, 5) is 0. The van der Waals surface area contributed by atoms with Gasteiger partial charge in [0.15, 0.2) is 5.79 Å². The predicted octanol–water partition coefficient (Wildman–Crippen LogP) is 3.01. The quantitative estimate of drug-likeness (QED) is 0.876. The largest absolute Gasteiger partial charge is 0.508 e. The van der Waals surface area contributed by atoms with E-state index < -0.39 is 5.79 Å². The molecule has 3 heteroatoms. The maximum atomic E-state index is 9.59. The molecule has 0 aliphatic carbocycles. The Morgan fingerprint density at radius 2 is 1.71 bits per heavy atom. The summed E-state index contributed by atoms with van der Waals surface area (Å²) in [6, 6.07) is 3.54. The molecule has 1 aliphatic rings. The summed E-state index contributed by atoms with van der Waals surface area (Å²) in [6.45, 7) is 7.38. The highest BCUT2D eigenvalue weighted by atomic mass is 16.7. The van der Waals surface area contributed by atoms with Crippen molar-refractivity contribution in [1.29, 1.82) is 0 Å². The van der Waals surface area contributed by atoms with Crippen molar-refractivity contribution in [2.45, 2.75) is 39.4 Å². The van der Waals surface area contributed by atoms with Crippen molar-refractivity contribution in [2.75, 3.05) is 13.2 Å². The summed E-state index contributed by atoms with van der Waals surface area (Å²) in [7, 11) is 0. The standard InChI is InChI=1S/C14H20O3/c1-4-5-14(16-6-7-17-14)13-10(2)8-12(15)9-11(13)3/h8-9,15H,4-7H2,1-3H3. The average Bonchev–Trinajstić information content (AvgIpc) is 2.66. The molecule has 1 heterocycles. The second-order valence-electron chi connectivity index (χ2n) is 4.65. The fraction of sp³-hybridized carbons (Fsp3) is 0.571. The first kappa shape index (κ1) is 12.4. The fourth-order valence-corrected chi connectivity index (χ4v) is 2.74. The zero-order chi connectivity index (χ0) is 12.5. The molecule has 0 saturated carbocycles. The Kier molecular flexibility index (Phi) is 3.40. The highest BCUT2D eigenvalue weighted by Gasteiger charge is 2.39. The number of rotatable bonds is 3. The van der Waals surface area contributed by atoms with Gasteiger partial charge in [0.1, 0.15) is 5.75 Å². The molecular formula is C14H20O3. The van der Waals surface area contributed by atoms with Gasteiger partial charge in [-0.2, -0.15) is 0 Å². The van der Waals surface area contributed by atoms with Crippen molar-refractivity contribution in [3.05, 3.63) is 28.8 Å². The van der Waals surface area contributed by atoms with Crippen LogP contribution < -0.4 is 0 Å². The summed E-state index contributed by atoms with van der Waals surface area (Å²) in [6.07, 6.45) is 1.85. The second-order valence-corrected chi connectivity index (χ2v) is 4.65. The van der Waals surface area contributed by atoms with Crippen molar-refractivity contribution in [2.24, 2.45) is 0 Å². The van der Waals surface area contributed by atoms with E-state index in [9.17, 15) is 5.11 Å². The van der Waals surface area contributed by atoms with E-state index in [2.05, 4.69) is 6.92 Å². The van der Waals surface area contributed by atoms with Gasteiger partial charge in [0, 0.05) is 12.0 Å². The van der Waals surface area contributed by atoms with Crippen molar-refractivity contribution in [1.82, 2.24) is 0 Å². The third kappa shape index (κ3) is 2.17. The summed E-state index contributed by atoms with van der Waals surface area (Å²) < 4.78 is 11.7. The molecule has 0 bridgehead atoms. The van der Waals surface area contributed by atoms with E-state index in [4.69, 9.17) is 9.47 Å². The molecule has 1 aromatic rings. The molecule has 1 fully saturated rings. The van der Waals surface area contributed by atoms with Gasteiger partial charge in [0.2, 0.25) is 0 Å². The van der Waals surface area contributed by atoms with Crippen LogP contribution in [0.5, 0.6) is 5.75 Å². The molecule has 2 rings (SSSR count). The van der Waals surface area contributed by atoms with Crippen LogP contribution in [0, 0.1) is 13.8 Å². The Labute approximate surface area is 102 Å². The van der Waals surface area contributed by atoms with Crippen molar-refractivity contribution in [3.8, 4) is 5.75 Å². The summed E-state index contributed by atoms with van der Waals surface area (Å²) in [5.74, 6) is -0.301. The highest BCUT2D eigenvalue weighted by molar-refractivity contribution is 5.43. The first-order chi connectivity index (χ1) is 8.09. The smallest absolute Gasteiger partial charge is 0.195 e. The first-order valence-corrected chi connectivity index (χ1v) is 6.17. The molecule has 0 spiro atoms. The highest BCUT2D eigenvalue weighted by Crippen LogP contribution is 2.40. The zero-order valence-electron chi connectivity index (χ0n) is 10.7. The van der Waals surface area contributed by atoms with Gasteiger partial charge in [-0.15, -0.1) is 0 Å². The summed E-state index contributed by atoms with van der Waals surface area (Å²) in [5.41, 5.74) is 3.13. The summed E-state index contributed by atoms with van der Waals surface area (Å²) in [5, 5.41) is 9.59. The van der Waals surface area contributed by atoms with E-state index in [1.165, 1.54) is 0 Å². The molecule has 0 atom stereocenters. The topological polar surface area (TPSA) is 38.7 Å². The van der Waals surface area contributed by atoms with Crippen LogP contribution >= 0.6 is 0 Å². The lowest BCUT2D eigenvalue weighted by Crippen LogP contribution is -2.29. The van der Waals surface area contributed by atoms with Crippen molar-refractivity contribution < 1.29 is 14.6 Å². The van der Waals surface area contributed by atoms with Crippen molar-refractivity contribution >= 4 is 0 Å². The lowest BCUT2D eigenvalue weighted by molar-refractivity contribution is -0.171. The molecule has 94 valence electrons. The van der Waals surface area contributed by atoms with E-state index in [0.29, 0.717) is 19.0 Å². The Balaban J connectivity index is 2.50. The molecule has 0 aromatic heterocycles. The van der Waals surface area contributed by atoms with Crippen molar-refractivity contribution in [3.63, 3.8) is 0 Å². The van der Waals surface area contributed by atoms with E-state index in [1.54, 1.807) is 12.1 Å². The maximum Gasteiger partial charge on any atom is 0.195 e. The zero-order valence-corrected chi connectivity index (χ0v) is 10.7. The number of aryl methyl sites for hydroxylation is 2. The third-order valence-electron chi connectivity index (χ3n) is 3.23. The molecule has 1 N–H and O–H groups in total. The molecule has 0 unspecified atom stereocenters. The summed E-state index contributed by atoms with van der Waals surface area (Å²) >= 11 is 0. The molecule has 17 heavy (non-hydrogen) atoms. The van der Waals surface area contributed by atoms with E-state index in [0.717, 1.165) is 29.5 Å². The van der Waals surface area contributed by atoms with Crippen LogP contribution in [0.15, 0.2) is 12.1 Å². The van der Waals surface area contributed by atoms with E-state index >= 15 is 0 Å². The Bertz CT molecular complexity index is 383. The third-order valence-corrected chi connectivity index (χ3v) is 3.23. The number of aromatic hydroxyl groups is 1. The first-order valence-electron chi connectivity index (χ1n) is 6.17. The molecule has 0 radical (unpaired) electrons. The number of benzene rings is 1. The maximum absolute atomic E-state index is 9.59. The second kappa shape index (κ2) is 4.67. The van der Waals surface area contributed by atoms with Crippen LogP contribution in [0.2, 0.25) is 0 Å². The molecule has 1 aromatic carbocycles. The van der Waals surface area contributed by atoms with Gasteiger partial charge in [-0.25, -0.2) is 0 Å². The van der Waals surface area contributed by atoms with Crippen LogP contribution in [0.1, 0.15) is 36.5 Å². The Morgan fingerprint density at radius 3 is 2.18 bits per heavy atom. The molecule has 0 amide bonds. The normalized spacial score (nSPS) is 18.5. The van der Waals surface area contributed by atoms with Crippen LogP contribution in [0.3, 0.4) is 0 Å². The lowest BCUT2D eigenvalue weighted by atomic mass is 9.92. The van der Waals surface area contributed by atoms with Crippen LogP contribution in [0.4, 0.5) is 0 Å². The van der Waals surface area contributed by atoms with Gasteiger partial charge in [0.25, 0.3) is 0 Å². The van der Waals surface area contributed by atoms with Gasteiger partial charge < -0.3 is 14.6 Å². The average molecular weight is 236 g/mol. The fourth-order valence-electron chi connectivity index (χ4n) is 2.74. The minimum absolute atomic E-state index is 0.299. The number of phenols is 1. The van der Waals surface area contributed by atoms with Crippen LogP contribution in [-0.2, 0) is 15.3 Å². The Morgan fingerprint density at radius 1 is 1.18 bits per heavy atom. The molecule has 3 nitrogen and oxygen atoms in total. The van der Waals surface area contributed by atoms with E-state index in [1.807, 2.05) is 13.8 Å². The lowest BCUT2D eigenvalue weighted by Gasteiger charge is -2.30. The minimum Gasteiger partial charge on any atom is -0.508 e. The number of hydrogen-bond donors (Lipinski definition) is 1. The Hall–Kier alpha value is -1.06. The van der Waals surface area contributed by atoms with Crippen LogP contribution in [0.25, 0.3) is 0 Å². The monoisotopic (exact) mass is 236 g/mol. The number of ether oxygens (including phenoxy) is 2. The van der Waals surface area contributed by atoms with E-state index in [-0.39, 0.29) is 0 Å². The van der Waals surface area contributed by atoms with Crippen LogP contribution in [-0.4, -0.2) is 18.3 Å². The van der Waals surface area contributed by atoms with Gasteiger partial charge >= 0.3 is 0 Å². The van der Waals surface area contributed by atoms with Gasteiger partial charge in [-0.3, -0.25) is 0 Å². The number of hydrogen-bond acceptors (Lipinski definition) is 3. The van der Waals surface area contributed by atoms with Gasteiger partial charge in [-0.05, 0) is 37.1 Å². The number of phenolic OH excluding ortho intramolecular Hbond substituents is 1. The molecule has 1 aliphatic heterocycles. The molecular weight excluding hydrogens is 216 g/mol.